The number of halogens is 1. The van der Waals surface area contributed by atoms with Crippen molar-refractivity contribution in [2.24, 2.45) is 0 Å². The predicted octanol–water partition coefficient (Wildman–Crippen LogP) is 2.95. The molecule has 0 aliphatic heterocycles. The molecule has 0 N–H and O–H groups in total. The van der Waals surface area contributed by atoms with Gasteiger partial charge in [-0.3, -0.25) is 0 Å². The highest BCUT2D eigenvalue weighted by molar-refractivity contribution is 8.14. The van der Waals surface area contributed by atoms with Crippen molar-refractivity contribution in [1.29, 1.82) is 0 Å². The van der Waals surface area contributed by atoms with Crippen LogP contribution in [0.3, 0.4) is 0 Å². The average Bonchev–Trinajstić information content (AvgIpc) is 2.92. The van der Waals surface area contributed by atoms with Crippen LogP contribution in [-0.2, 0) is 30.4 Å². The third-order valence-corrected chi connectivity index (χ3v) is 6.86. The zero-order valence-electron chi connectivity index (χ0n) is 13.1. The Balaban J connectivity index is 2.51. The fourth-order valence-electron chi connectivity index (χ4n) is 2.72. The highest BCUT2D eigenvalue weighted by Crippen LogP contribution is 2.35. The van der Waals surface area contributed by atoms with Gasteiger partial charge in [0.15, 0.2) is 5.03 Å². The molecular formula is C16H14ClNO5S2. The second kappa shape index (κ2) is 6.45. The van der Waals surface area contributed by atoms with Gasteiger partial charge >= 0.3 is 0 Å². The van der Waals surface area contributed by atoms with E-state index < -0.39 is 24.1 Å². The summed E-state index contributed by atoms with van der Waals surface area (Å²) in [5.41, 5.74) is 0.422. The van der Waals surface area contributed by atoms with Crippen molar-refractivity contribution in [2.45, 2.75) is 16.5 Å². The van der Waals surface area contributed by atoms with E-state index in [0.29, 0.717) is 5.39 Å². The zero-order chi connectivity index (χ0) is 18.2. The van der Waals surface area contributed by atoms with Crippen LogP contribution in [0.2, 0.25) is 0 Å². The number of aromatic nitrogens is 1. The lowest BCUT2D eigenvalue weighted by Gasteiger charge is -2.11. The van der Waals surface area contributed by atoms with Crippen LogP contribution >= 0.6 is 10.7 Å². The van der Waals surface area contributed by atoms with Gasteiger partial charge in [0.25, 0.3) is 19.1 Å². The van der Waals surface area contributed by atoms with Crippen molar-refractivity contribution in [2.75, 3.05) is 7.11 Å². The van der Waals surface area contributed by atoms with Gasteiger partial charge in [-0.2, -0.15) is 0 Å². The Hall–Kier alpha value is -1.87. The summed E-state index contributed by atoms with van der Waals surface area (Å²) >= 11 is 0. The molecule has 0 aliphatic rings. The smallest absolute Gasteiger partial charge is 0.278 e. The fourth-order valence-corrected chi connectivity index (χ4v) is 6.14. The van der Waals surface area contributed by atoms with E-state index in [-0.39, 0.29) is 22.6 Å². The van der Waals surface area contributed by atoms with E-state index in [0.717, 1.165) is 3.97 Å². The number of para-hydroxylation sites is 1. The SMILES string of the molecule is COCc1c(S(=O)(=O)Cl)n(S(=O)(=O)c2ccccc2)c2ccccc12. The van der Waals surface area contributed by atoms with Gasteiger partial charge in [0.05, 0.1) is 17.0 Å². The zero-order valence-corrected chi connectivity index (χ0v) is 15.5. The molecule has 0 saturated carbocycles. The van der Waals surface area contributed by atoms with Crippen LogP contribution in [-0.4, -0.2) is 27.9 Å². The van der Waals surface area contributed by atoms with Crippen molar-refractivity contribution in [1.82, 2.24) is 3.97 Å². The molecule has 0 unspecified atom stereocenters. The number of rotatable bonds is 5. The van der Waals surface area contributed by atoms with Gasteiger partial charge in [0.1, 0.15) is 0 Å². The Morgan fingerprint density at radius 3 is 2.16 bits per heavy atom. The summed E-state index contributed by atoms with van der Waals surface area (Å²) in [6, 6.07) is 14.0. The van der Waals surface area contributed by atoms with Crippen LogP contribution < -0.4 is 0 Å². The topological polar surface area (TPSA) is 82.4 Å². The minimum Gasteiger partial charge on any atom is -0.380 e. The molecule has 0 spiro atoms. The van der Waals surface area contributed by atoms with Gasteiger partial charge in [-0.15, -0.1) is 0 Å². The molecule has 25 heavy (non-hydrogen) atoms. The van der Waals surface area contributed by atoms with Crippen molar-refractivity contribution in [3.63, 3.8) is 0 Å². The van der Waals surface area contributed by atoms with E-state index in [9.17, 15) is 16.8 Å². The Morgan fingerprint density at radius 2 is 1.56 bits per heavy atom. The predicted molar refractivity (Wildman–Crippen MR) is 94.7 cm³/mol. The lowest BCUT2D eigenvalue weighted by molar-refractivity contribution is 0.183. The van der Waals surface area contributed by atoms with Crippen molar-refractivity contribution < 1.29 is 21.6 Å². The minimum absolute atomic E-state index is 0.0405. The van der Waals surface area contributed by atoms with Crippen LogP contribution in [0.5, 0.6) is 0 Å². The second-order valence-corrected chi connectivity index (χ2v) is 9.52. The average molecular weight is 400 g/mol. The third kappa shape index (κ3) is 3.06. The van der Waals surface area contributed by atoms with Gasteiger partial charge in [0.2, 0.25) is 0 Å². The molecule has 6 nitrogen and oxygen atoms in total. The van der Waals surface area contributed by atoms with Crippen molar-refractivity contribution >= 4 is 40.7 Å². The number of fused-ring (bicyclic) bond motifs is 1. The summed E-state index contributed by atoms with van der Waals surface area (Å²) < 4.78 is 56.6. The van der Waals surface area contributed by atoms with E-state index in [2.05, 4.69) is 0 Å². The van der Waals surface area contributed by atoms with Gasteiger partial charge in [-0.1, -0.05) is 36.4 Å². The first-order chi connectivity index (χ1) is 11.8. The van der Waals surface area contributed by atoms with Crippen LogP contribution in [0.15, 0.2) is 64.5 Å². The molecule has 0 atom stereocenters. The molecule has 9 heteroatoms. The lowest BCUT2D eigenvalue weighted by atomic mass is 10.2. The van der Waals surface area contributed by atoms with Crippen LogP contribution in [0.25, 0.3) is 10.9 Å². The van der Waals surface area contributed by atoms with E-state index in [1.807, 2.05) is 0 Å². The monoisotopic (exact) mass is 399 g/mol. The maximum absolute atomic E-state index is 13.1. The number of methoxy groups -OCH3 is 1. The maximum atomic E-state index is 13.1. The Labute approximate surface area is 150 Å². The molecule has 1 heterocycles. The highest BCUT2D eigenvalue weighted by atomic mass is 35.7. The standard InChI is InChI=1S/C16H14ClNO5S2/c1-23-11-14-13-9-5-6-10-15(13)18(16(14)24(17,19)20)25(21,22)12-7-3-2-4-8-12/h2-10H,11H2,1H3. The van der Waals surface area contributed by atoms with Crippen molar-refractivity contribution in [3.8, 4) is 0 Å². The summed E-state index contributed by atoms with van der Waals surface area (Å²) in [4.78, 5) is -0.0405. The van der Waals surface area contributed by atoms with Crippen molar-refractivity contribution in [3.05, 3.63) is 60.2 Å². The summed E-state index contributed by atoms with van der Waals surface area (Å²) in [6.45, 7) is -0.0981. The van der Waals surface area contributed by atoms with Gasteiger partial charge in [0, 0.05) is 28.7 Å². The largest absolute Gasteiger partial charge is 0.380 e. The maximum Gasteiger partial charge on any atom is 0.278 e. The van der Waals surface area contributed by atoms with E-state index >= 15 is 0 Å². The molecule has 0 aliphatic carbocycles. The number of nitrogens with zero attached hydrogens (tertiary/aromatic N) is 1. The quantitative estimate of drug-likeness (QED) is 0.616. The first-order valence-electron chi connectivity index (χ1n) is 7.15. The molecule has 0 radical (unpaired) electrons. The van der Waals surface area contributed by atoms with Gasteiger partial charge in [-0.05, 0) is 18.2 Å². The number of hydrogen-bond donors (Lipinski definition) is 0. The molecule has 132 valence electrons. The second-order valence-electron chi connectivity index (χ2n) is 5.25. The Kier molecular flexibility index (Phi) is 4.63. The first kappa shape index (κ1) is 17.9. The van der Waals surface area contributed by atoms with Crippen LogP contribution in [0.4, 0.5) is 0 Å². The summed E-state index contributed by atoms with van der Waals surface area (Å²) in [5.74, 6) is 0. The fraction of sp³-hybridized carbons (Fsp3) is 0.125. The Morgan fingerprint density at radius 1 is 0.960 bits per heavy atom. The van der Waals surface area contributed by atoms with Gasteiger partial charge in [-0.25, -0.2) is 20.8 Å². The number of benzene rings is 2. The van der Waals surface area contributed by atoms with E-state index in [1.54, 1.807) is 36.4 Å². The highest BCUT2D eigenvalue weighted by Gasteiger charge is 2.32. The molecule has 2 aromatic carbocycles. The molecule has 3 aromatic rings. The van der Waals surface area contributed by atoms with E-state index in [1.165, 1.54) is 25.3 Å². The summed E-state index contributed by atoms with van der Waals surface area (Å²) in [7, 11) is -1.55. The molecule has 0 saturated heterocycles. The molecule has 1 aromatic heterocycles. The van der Waals surface area contributed by atoms with Crippen LogP contribution in [0.1, 0.15) is 5.56 Å². The molecule has 0 amide bonds. The molecule has 3 rings (SSSR count). The minimum atomic E-state index is -4.36. The summed E-state index contributed by atoms with van der Waals surface area (Å²) in [5, 5.41) is -0.0517. The molecule has 0 fully saturated rings. The summed E-state index contributed by atoms with van der Waals surface area (Å²) in [6.07, 6.45) is 0. The molecule has 0 bridgehead atoms. The Bertz CT molecular complexity index is 1140. The number of ether oxygens (including phenoxy) is 1. The van der Waals surface area contributed by atoms with Gasteiger partial charge < -0.3 is 4.74 Å². The molecular weight excluding hydrogens is 386 g/mol. The number of hydrogen-bond acceptors (Lipinski definition) is 5. The normalized spacial score (nSPS) is 12.6. The van der Waals surface area contributed by atoms with Crippen LogP contribution in [0, 0.1) is 0 Å². The third-order valence-electron chi connectivity index (χ3n) is 3.69. The lowest BCUT2D eigenvalue weighted by Crippen LogP contribution is -2.17. The van der Waals surface area contributed by atoms with E-state index in [4.69, 9.17) is 15.4 Å². The first-order valence-corrected chi connectivity index (χ1v) is 10.9.